The van der Waals surface area contributed by atoms with E-state index in [2.05, 4.69) is 26.1 Å². The van der Waals surface area contributed by atoms with Crippen molar-refractivity contribution < 1.29 is 4.79 Å². The molecule has 1 aliphatic carbocycles. The average molecular weight is 268 g/mol. The molecule has 1 amide bonds. The Kier molecular flexibility index (Phi) is 6.84. The summed E-state index contributed by atoms with van der Waals surface area (Å²) in [5.74, 6) is 1.71. The molecule has 1 aliphatic rings. The molecule has 1 fully saturated rings. The monoisotopic (exact) mass is 268 g/mol. The molecule has 0 aromatic carbocycles. The van der Waals surface area contributed by atoms with Gasteiger partial charge in [-0.2, -0.15) is 0 Å². The van der Waals surface area contributed by atoms with E-state index in [4.69, 9.17) is 5.73 Å². The topological polar surface area (TPSA) is 55.1 Å². The van der Waals surface area contributed by atoms with Gasteiger partial charge in [0.15, 0.2) is 0 Å². The molecule has 0 aromatic heterocycles. The fourth-order valence-electron chi connectivity index (χ4n) is 2.63. The first-order chi connectivity index (χ1) is 8.93. The molecular formula is C16H32N2O. The standard InChI is InChI=1S/C16H32N2O/c1-16(2,3)14(10-11-17)8-9-15(19)18-12-4-5-13-6-7-13/h13-14H,4-12,17H2,1-3H3,(H,18,19). The fraction of sp³-hybridized carbons (Fsp3) is 0.938. The molecule has 0 bridgehead atoms. The third-order valence-electron chi connectivity index (χ3n) is 4.27. The van der Waals surface area contributed by atoms with Gasteiger partial charge in [0, 0.05) is 13.0 Å². The van der Waals surface area contributed by atoms with Gasteiger partial charge in [0.1, 0.15) is 0 Å². The molecule has 1 saturated carbocycles. The van der Waals surface area contributed by atoms with Crippen LogP contribution < -0.4 is 11.1 Å². The molecular weight excluding hydrogens is 236 g/mol. The van der Waals surface area contributed by atoms with E-state index in [1.807, 2.05) is 0 Å². The molecule has 3 N–H and O–H groups in total. The Hall–Kier alpha value is -0.570. The summed E-state index contributed by atoms with van der Waals surface area (Å²) in [5, 5.41) is 3.04. The van der Waals surface area contributed by atoms with Crippen LogP contribution in [0.25, 0.3) is 0 Å². The molecule has 19 heavy (non-hydrogen) atoms. The number of nitrogens with two attached hydrogens (primary N) is 1. The van der Waals surface area contributed by atoms with Gasteiger partial charge in [-0.1, -0.05) is 33.6 Å². The first kappa shape index (κ1) is 16.5. The summed E-state index contributed by atoms with van der Waals surface area (Å²) in [6.07, 6.45) is 7.85. The van der Waals surface area contributed by atoms with Crippen molar-refractivity contribution in [1.82, 2.24) is 5.32 Å². The van der Waals surface area contributed by atoms with Crippen LogP contribution in [0.2, 0.25) is 0 Å². The number of nitrogens with one attached hydrogen (secondary N) is 1. The van der Waals surface area contributed by atoms with Crippen LogP contribution in [-0.4, -0.2) is 19.0 Å². The second kappa shape index (κ2) is 7.88. The SMILES string of the molecule is CC(C)(C)C(CCN)CCC(=O)NCCCC1CC1. The van der Waals surface area contributed by atoms with Gasteiger partial charge < -0.3 is 11.1 Å². The Bertz CT molecular complexity index is 266. The minimum atomic E-state index is 0.210. The smallest absolute Gasteiger partial charge is 0.220 e. The van der Waals surface area contributed by atoms with Crippen LogP contribution in [0.5, 0.6) is 0 Å². The van der Waals surface area contributed by atoms with Gasteiger partial charge in [-0.15, -0.1) is 0 Å². The first-order valence-corrected chi connectivity index (χ1v) is 7.90. The summed E-state index contributed by atoms with van der Waals surface area (Å²) < 4.78 is 0. The first-order valence-electron chi connectivity index (χ1n) is 7.90. The maximum atomic E-state index is 11.8. The van der Waals surface area contributed by atoms with Crippen molar-refractivity contribution in [2.24, 2.45) is 23.0 Å². The van der Waals surface area contributed by atoms with Crippen LogP contribution in [0.1, 0.15) is 65.7 Å². The lowest BCUT2D eigenvalue weighted by atomic mass is 9.76. The zero-order chi connectivity index (χ0) is 14.3. The maximum Gasteiger partial charge on any atom is 0.220 e. The van der Waals surface area contributed by atoms with E-state index < -0.39 is 0 Å². The van der Waals surface area contributed by atoms with Crippen LogP contribution in [0.3, 0.4) is 0 Å². The quantitative estimate of drug-likeness (QED) is 0.631. The molecule has 0 heterocycles. The van der Waals surface area contributed by atoms with Gasteiger partial charge in [-0.05, 0) is 49.5 Å². The van der Waals surface area contributed by atoms with Crippen molar-refractivity contribution >= 4 is 5.91 Å². The van der Waals surface area contributed by atoms with Crippen LogP contribution in [0, 0.1) is 17.3 Å². The van der Waals surface area contributed by atoms with Crippen LogP contribution in [-0.2, 0) is 4.79 Å². The summed E-state index contributed by atoms with van der Waals surface area (Å²) in [4.78, 5) is 11.8. The number of hydrogen-bond donors (Lipinski definition) is 2. The Balaban J connectivity index is 2.11. The highest BCUT2D eigenvalue weighted by molar-refractivity contribution is 5.75. The summed E-state index contributed by atoms with van der Waals surface area (Å²) >= 11 is 0. The zero-order valence-electron chi connectivity index (χ0n) is 13.0. The highest BCUT2D eigenvalue weighted by Crippen LogP contribution is 2.33. The lowest BCUT2D eigenvalue weighted by Crippen LogP contribution is -2.28. The Morgan fingerprint density at radius 2 is 2.00 bits per heavy atom. The Morgan fingerprint density at radius 3 is 2.53 bits per heavy atom. The van der Waals surface area contributed by atoms with E-state index in [0.717, 1.165) is 31.7 Å². The highest BCUT2D eigenvalue weighted by Gasteiger charge is 2.24. The number of rotatable bonds is 9. The van der Waals surface area contributed by atoms with E-state index in [9.17, 15) is 4.79 Å². The van der Waals surface area contributed by atoms with E-state index in [-0.39, 0.29) is 11.3 Å². The average Bonchev–Trinajstić information content (AvgIpc) is 3.12. The van der Waals surface area contributed by atoms with Crippen molar-refractivity contribution in [2.75, 3.05) is 13.1 Å². The number of carbonyl (C=O) groups excluding carboxylic acids is 1. The molecule has 1 rings (SSSR count). The maximum absolute atomic E-state index is 11.8. The second-order valence-corrected chi connectivity index (χ2v) is 7.11. The molecule has 1 unspecified atom stereocenters. The molecule has 1 atom stereocenters. The highest BCUT2D eigenvalue weighted by atomic mass is 16.1. The van der Waals surface area contributed by atoms with Gasteiger partial charge in [0.25, 0.3) is 0 Å². The lowest BCUT2D eigenvalue weighted by molar-refractivity contribution is -0.121. The van der Waals surface area contributed by atoms with Crippen molar-refractivity contribution in [3.63, 3.8) is 0 Å². The van der Waals surface area contributed by atoms with Crippen LogP contribution in [0.15, 0.2) is 0 Å². The van der Waals surface area contributed by atoms with Gasteiger partial charge in [-0.25, -0.2) is 0 Å². The number of amides is 1. The minimum absolute atomic E-state index is 0.210. The Morgan fingerprint density at radius 1 is 1.32 bits per heavy atom. The molecule has 0 radical (unpaired) electrons. The lowest BCUT2D eigenvalue weighted by Gasteiger charge is -2.30. The largest absolute Gasteiger partial charge is 0.356 e. The van der Waals surface area contributed by atoms with Crippen molar-refractivity contribution in [2.45, 2.75) is 65.7 Å². The molecule has 3 nitrogen and oxygen atoms in total. The molecule has 112 valence electrons. The second-order valence-electron chi connectivity index (χ2n) is 7.11. The van der Waals surface area contributed by atoms with Gasteiger partial charge in [0.05, 0.1) is 0 Å². The van der Waals surface area contributed by atoms with Gasteiger partial charge >= 0.3 is 0 Å². The molecule has 0 spiro atoms. The van der Waals surface area contributed by atoms with Crippen LogP contribution >= 0.6 is 0 Å². The van der Waals surface area contributed by atoms with E-state index >= 15 is 0 Å². The van der Waals surface area contributed by atoms with E-state index in [1.165, 1.54) is 19.3 Å². The van der Waals surface area contributed by atoms with Gasteiger partial charge in [0.2, 0.25) is 5.91 Å². The van der Waals surface area contributed by atoms with Crippen molar-refractivity contribution in [1.29, 1.82) is 0 Å². The summed E-state index contributed by atoms with van der Waals surface area (Å²) in [6, 6.07) is 0. The third-order valence-corrected chi connectivity index (χ3v) is 4.27. The third kappa shape index (κ3) is 7.56. The summed E-state index contributed by atoms with van der Waals surface area (Å²) in [7, 11) is 0. The van der Waals surface area contributed by atoms with E-state index in [1.54, 1.807) is 0 Å². The molecule has 0 aliphatic heterocycles. The molecule has 3 heteroatoms. The predicted octanol–water partition coefficient (Wildman–Crippen LogP) is 3.08. The molecule has 0 saturated heterocycles. The molecule has 0 aromatic rings. The van der Waals surface area contributed by atoms with Crippen molar-refractivity contribution in [3.05, 3.63) is 0 Å². The Labute approximate surface area is 118 Å². The zero-order valence-corrected chi connectivity index (χ0v) is 13.0. The summed E-state index contributed by atoms with van der Waals surface area (Å²) in [5.41, 5.74) is 5.91. The summed E-state index contributed by atoms with van der Waals surface area (Å²) in [6.45, 7) is 8.28. The van der Waals surface area contributed by atoms with Gasteiger partial charge in [-0.3, -0.25) is 4.79 Å². The number of hydrogen-bond acceptors (Lipinski definition) is 2. The van der Waals surface area contributed by atoms with Crippen molar-refractivity contribution in [3.8, 4) is 0 Å². The minimum Gasteiger partial charge on any atom is -0.356 e. The normalized spacial score (nSPS) is 17.3. The van der Waals surface area contributed by atoms with E-state index in [0.29, 0.717) is 18.9 Å². The number of carbonyl (C=O) groups is 1. The predicted molar refractivity (Wildman–Crippen MR) is 80.8 cm³/mol. The van der Waals surface area contributed by atoms with Crippen LogP contribution in [0.4, 0.5) is 0 Å². The fourth-order valence-corrected chi connectivity index (χ4v) is 2.63.